The van der Waals surface area contributed by atoms with Crippen LogP contribution in [-0.4, -0.2) is 41.0 Å². The zero-order valence-corrected chi connectivity index (χ0v) is 15.9. The van der Waals surface area contributed by atoms with Gasteiger partial charge in [-0.3, -0.25) is 14.8 Å². The van der Waals surface area contributed by atoms with Crippen molar-refractivity contribution >= 4 is 5.91 Å². The first kappa shape index (κ1) is 18.2. The summed E-state index contributed by atoms with van der Waals surface area (Å²) in [5.74, 6) is 1.12. The fourth-order valence-corrected chi connectivity index (χ4v) is 3.70. The highest BCUT2D eigenvalue weighted by atomic mass is 16.5. The molecule has 5 heteroatoms. The van der Waals surface area contributed by atoms with Crippen molar-refractivity contribution in [2.75, 3.05) is 20.2 Å². The molecule has 2 aromatic heterocycles. The molecule has 1 amide bonds. The summed E-state index contributed by atoms with van der Waals surface area (Å²) in [5, 5.41) is 0. The summed E-state index contributed by atoms with van der Waals surface area (Å²) in [6, 6.07) is 17.6. The van der Waals surface area contributed by atoms with E-state index in [9.17, 15) is 4.79 Å². The van der Waals surface area contributed by atoms with E-state index in [1.54, 1.807) is 31.6 Å². The van der Waals surface area contributed by atoms with Gasteiger partial charge in [-0.25, -0.2) is 0 Å². The van der Waals surface area contributed by atoms with Crippen molar-refractivity contribution in [1.82, 2.24) is 14.9 Å². The molecule has 3 aromatic rings. The van der Waals surface area contributed by atoms with E-state index in [-0.39, 0.29) is 11.8 Å². The molecule has 1 aromatic carbocycles. The molecule has 1 unspecified atom stereocenters. The second-order valence-corrected chi connectivity index (χ2v) is 7.01. The van der Waals surface area contributed by atoms with E-state index >= 15 is 0 Å². The fraction of sp³-hybridized carbons (Fsp3) is 0.261. The number of carbonyl (C=O) groups excluding carboxylic acids is 1. The van der Waals surface area contributed by atoms with Crippen LogP contribution in [0.3, 0.4) is 0 Å². The predicted molar refractivity (Wildman–Crippen MR) is 108 cm³/mol. The van der Waals surface area contributed by atoms with Gasteiger partial charge in [0, 0.05) is 48.2 Å². The maximum atomic E-state index is 12.8. The lowest BCUT2D eigenvalue weighted by molar-refractivity contribution is 0.0706. The van der Waals surface area contributed by atoms with Crippen molar-refractivity contribution in [3.05, 3.63) is 78.2 Å². The van der Waals surface area contributed by atoms with Crippen LogP contribution in [0.2, 0.25) is 0 Å². The number of hydrogen-bond donors (Lipinski definition) is 0. The van der Waals surface area contributed by atoms with Gasteiger partial charge in [-0.05, 0) is 49.2 Å². The summed E-state index contributed by atoms with van der Waals surface area (Å²) in [5.41, 5.74) is 3.68. The number of hydrogen-bond acceptors (Lipinski definition) is 4. The fourth-order valence-electron chi connectivity index (χ4n) is 3.70. The van der Waals surface area contributed by atoms with Crippen LogP contribution in [0.4, 0.5) is 0 Å². The number of ether oxygens (including phenoxy) is 1. The van der Waals surface area contributed by atoms with Gasteiger partial charge >= 0.3 is 0 Å². The predicted octanol–water partition coefficient (Wildman–Crippen LogP) is 4.17. The Labute approximate surface area is 165 Å². The lowest BCUT2D eigenvalue weighted by Crippen LogP contribution is -2.39. The van der Waals surface area contributed by atoms with E-state index in [1.165, 1.54) is 0 Å². The highest BCUT2D eigenvalue weighted by molar-refractivity contribution is 5.94. The normalized spacial score (nSPS) is 16.6. The Hall–Kier alpha value is -3.21. The van der Waals surface area contributed by atoms with Crippen molar-refractivity contribution in [3.8, 4) is 17.0 Å². The summed E-state index contributed by atoms with van der Waals surface area (Å²) in [4.78, 5) is 23.6. The molecule has 1 aliphatic rings. The lowest BCUT2D eigenvalue weighted by atomic mass is 9.93. The summed E-state index contributed by atoms with van der Waals surface area (Å²) in [7, 11) is 1.67. The molecule has 0 N–H and O–H groups in total. The number of benzene rings is 1. The Morgan fingerprint density at radius 3 is 2.75 bits per heavy atom. The molecule has 28 heavy (non-hydrogen) atoms. The van der Waals surface area contributed by atoms with E-state index in [0.717, 1.165) is 42.1 Å². The average Bonchev–Trinajstić information content (AvgIpc) is 2.79. The number of carbonyl (C=O) groups is 1. The van der Waals surface area contributed by atoms with Crippen LogP contribution in [-0.2, 0) is 0 Å². The van der Waals surface area contributed by atoms with Gasteiger partial charge in [-0.2, -0.15) is 0 Å². The standard InChI is InChI=1S/C23H23N3O2/c1-28-20-7-2-5-18(15-20)21-8-3-9-22(25-21)19-6-4-14-26(16-19)23(27)17-10-12-24-13-11-17/h2-3,5,7-13,15,19H,4,6,14,16H2,1H3. The van der Waals surface area contributed by atoms with Gasteiger partial charge in [0.25, 0.3) is 5.91 Å². The van der Waals surface area contributed by atoms with Crippen molar-refractivity contribution in [1.29, 1.82) is 0 Å². The molecule has 0 aliphatic carbocycles. The van der Waals surface area contributed by atoms with Crippen molar-refractivity contribution in [2.45, 2.75) is 18.8 Å². The Balaban J connectivity index is 1.55. The van der Waals surface area contributed by atoms with Crippen LogP contribution < -0.4 is 4.74 Å². The number of aromatic nitrogens is 2. The highest BCUT2D eigenvalue weighted by Gasteiger charge is 2.26. The van der Waals surface area contributed by atoms with Crippen LogP contribution in [0, 0.1) is 0 Å². The minimum atomic E-state index is 0.0658. The van der Waals surface area contributed by atoms with Gasteiger partial charge in [0.05, 0.1) is 12.8 Å². The molecule has 1 fully saturated rings. The maximum Gasteiger partial charge on any atom is 0.253 e. The number of pyridine rings is 2. The van der Waals surface area contributed by atoms with Gasteiger partial charge in [-0.15, -0.1) is 0 Å². The Morgan fingerprint density at radius 1 is 1.11 bits per heavy atom. The zero-order valence-electron chi connectivity index (χ0n) is 15.9. The maximum absolute atomic E-state index is 12.8. The molecule has 4 rings (SSSR count). The summed E-state index contributed by atoms with van der Waals surface area (Å²) < 4.78 is 5.33. The SMILES string of the molecule is COc1cccc(-c2cccc(C3CCCN(C(=O)c4ccncc4)C3)n2)c1. The van der Waals surface area contributed by atoms with Crippen LogP contribution in [0.15, 0.2) is 67.0 Å². The first-order chi connectivity index (χ1) is 13.7. The van der Waals surface area contributed by atoms with Gasteiger partial charge < -0.3 is 9.64 Å². The number of methoxy groups -OCH3 is 1. The molecular formula is C23H23N3O2. The molecule has 5 nitrogen and oxygen atoms in total. The molecule has 1 saturated heterocycles. The quantitative estimate of drug-likeness (QED) is 0.689. The number of nitrogens with zero attached hydrogens (tertiary/aromatic N) is 3. The van der Waals surface area contributed by atoms with E-state index in [4.69, 9.17) is 9.72 Å². The molecule has 0 bridgehead atoms. The number of rotatable bonds is 4. The zero-order chi connectivity index (χ0) is 19.3. The monoisotopic (exact) mass is 373 g/mol. The lowest BCUT2D eigenvalue weighted by Gasteiger charge is -2.32. The molecule has 1 aliphatic heterocycles. The van der Waals surface area contributed by atoms with Gasteiger partial charge in [0.1, 0.15) is 5.75 Å². The van der Waals surface area contributed by atoms with E-state index in [1.807, 2.05) is 41.3 Å². The molecule has 0 radical (unpaired) electrons. The minimum absolute atomic E-state index is 0.0658. The van der Waals surface area contributed by atoms with E-state index < -0.39 is 0 Å². The van der Waals surface area contributed by atoms with Crippen LogP contribution in [0.25, 0.3) is 11.3 Å². The first-order valence-electron chi connectivity index (χ1n) is 9.55. The molecule has 0 spiro atoms. The van der Waals surface area contributed by atoms with E-state index in [0.29, 0.717) is 12.1 Å². The molecule has 1 atom stereocenters. The Bertz CT molecular complexity index is 959. The van der Waals surface area contributed by atoms with Crippen molar-refractivity contribution in [2.24, 2.45) is 0 Å². The van der Waals surface area contributed by atoms with Gasteiger partial charge in [0.2, 0.25) is 0 Å². The molecule has 3 heterocycles. The van der Waals surface area contributed by atoms with Gasteiger partial charge in [-0.1, -0.05) is 18.2 Å². The molecular weight excluding hydrogens is 350 g/mol. The molecule has 142 valence electrons. The van der Waals surface area contributed by atoms with E-state index in [2.05, 4.69) is 11.1 Å². The second-order valence-electron chi connectivity index (χ2n) is 7.01. The Morgan fingerprint density at radius 2 is 1.93 bits per heavy atom. The number of amides is 1. The molecule has 0 saturated carbocycles. The second kappa shape index (κ2) is 8.21. The van der Waals surface area contributed by atoms with Crippen LogP contribution in [0.1, 0.15) is 34.8 Å². The third-order valence-corrected chi connectivity index (χ3v) is 5.19. The average molecular weight is 373 g/mol. The third kappa shape index (κ3) is 3.88. The highest BCUT2D eigenvalue weighted by Crippen LogP contribution is 2.29. The third-order valence-electron chi connectivity index (χ3n) is 5.19. The number of piperidine rings is 1. The van der Waals surface area contributed by atoms with Crippen LogP contribution >= 0.6 is 0 Å². The largest absolute Gasteiger partial charge is 0.497 e. The van der Waals surface area contributed by atoms with Crippen molar-refractivity contribution in [3.63, 3.8) is 0 Å². The summed E-state index contributed by atoms with van der Waals surface area (Å²) in [6.07, 6.45) is 5.34. The van der Waals surface area contributed by atoms with Crippen molar-refractivity contribution < 1.29 is 9.53 Å². The first-order valence-corrected chi connectivity index (χ1v) is 9.55. The summed E-state index contributed by atoms with van der Waals surface area (Å²) in [6.45, 7) is 1.48. The van der Waals surface area contributed by atoms with Gasteiger partial charge in [0.15, 0.2) is 0 Å². The topological polar surface area (TPSA) is 55.3 Å². The summed E-state index contributed by atoms with van der Waals surface area (Å²) >= 11 is 0. The Kier molecular flexibility index (Phi) is 5.33. The van der Waals surface area contributed by atoms with Crippen LogP contribution in [0.5, 0.6) is 5.75 Å². The minimum Gasteiger partial charge on any atom is -0.497 e. The number of likely N-dealkylation sites (tertiary alicyclic amines) is 1. The smallest absolute Gasteiger partial charge is 0.253 e.